The molecule has 0 saturated carbocycles. The average molecular weight is 157 g/mol. The first kappa shape index (κ1) is 10.0. The Morgan fingerprint density at radius 3 is 2.73 bits per heavy atom. The number of hydrogen-bond donors (Lipinski definition) is 1. The van der Waals surface area contributed by atoms with Gasteiger partial charge in [0.2, 0.25) is 0 Å². The molecular weight excluding hydrogens is 142 g/mol. The standard InChI is InChI=1S/C8H15NO2/c1-3-4-5-11-8(10)6-7(2)9/h6H,3-5,9H2,1-2H3/b7-6-. The third-order valence-corrected chi connectivity index (χ3v) is 1.09. The van der Waals surface area contributed by atoms with Crippen molar-refractivity contribution in [3.63, 3.8) is 0 Å². The maximum Gasteiger partial charge on any atom is 0.332 e. The molecule has 0 bridgehead atoms. The second-order valence-electron chi connectivity index (χ2n) is 2.41. The maximum absolute atomic E-state index is 10.7. The van der Waals surface area contributed by atoms with Crippen molar-refractivity contribution in [1.29, 1.82) is 0 Å². The van der Waals surface area contributed by atoms with Gasteiger partial charge in [-0.1, -0.05) is 13.3 Å². The predicted molar refractivity (Wildman–Crippen MR) is 43.8 cm³/mol. The topological polar surface area (TPSA) is 52.3 Å². The summed E-state index contributed by atoms with van der Waals surface area (Å²) in [7, 11) is 0. The maximum atomic E-state index is 10.7. The summed E-state index contributed by atoms with van der Waals surface area (Å²) in [6.07, 6.45) is 3.22. The number of allylic oxidation sites excluding steroid dienone is 1. The zero-order valence-electron chi connectivity index (χ0n) is 7.09. The van der Waals surface area contributed by atoms with Crippen LogP contribution in [0.15, 0.2) is 11.8 Å². The van der Waals surface area contributed by atoms with E-state index in [1.165, 1.54) is 6.08 Å². The molecule has 3 nitrogen and oxygen atoms in total. The van der Waals surface area contributed by atoms with Gasteiger partial charge in [0, 0.05) is 11.8 Å². The fourth-order valence-corrected chi connectivity index (χ4v) is 0.545. The van der Waals surface area contributed by atoms with Crippen LogP contribution in [-0.4, -0.2) is 12.6 Å². The molecule has 0 aromatic carbocycles. The van der Waals surface area contributed by atoms with Crippen molar-refractivity contribution in [2.24, 2.45) is 5.73 Å². The molecule has 2 N–H and O–H groups in total. The molecule has 0 aliphatic heterocycles. The number of esters is 1. The van der Waals surface area contributed by atoms with Crippen molar-refractivity contribution >= 4 is 5.97 Å². The van der Waals surface area contributed by atoms with Gasteiger partial charge in [-0.2, -0.15) is 0 Å². The van der Waals surface area contributed by atoms with E-state index < -0.39 is 0 Å². The van der Waals surface area contributed by atoms with Crippen molar-refractivity contribution in [3.05, 3.63) is 11.8 Å². The zero-order valence-corrected chi connectivity index (χ0v) is 7.09. The van der Waals surface area contributed by atoms with Crippen LogP contribution in [0.5, 0.6) is 0 Å². The average Bonchev–Trinajstić information content (AvgIpc) is 1.86. The summed E-state index contributed by atoms with van der Waals surface area (Å²) in [5.41, 5.74) is 5.74. The van der Waals surface area contributed by atoms with Crippen molar-refractivity contribution in [1.82, 2.24) is 0 Å². The van der Waals surface area contributed by atoms with E-state index >= 15 is 0 Å². The van der Waals surface area contributed by atoms with Gasteiger partial charge in [0.05, 0.1) is 6.61 Å². The number of carbonyl (C=O) groups is 1. The molecule has 0 aliphatic rings. The van der Waals surface area contributed by atoms with Gasteiger partial charge in [0.1, 0.15) is 0 Å². The highest BCUT2D eigenvalue weighted by Gasteiger charge is 1.95. The summed E-state index contributed by atoms with van der Waals surface area (Å²) in [4.78, 5) is 10.7. The van der Waals surface area contributed by atoms with E-state index in [9.17, 15) is 4.79 Å². The van der Waals surface area contributed by atoms with Crippen LogP contribution < -0.4 is 5.73 Å². The second-order valence-corrected chi connectivity index (χ2v) is 2.41. The monoisotopic (exact) mass is 157 g/mol. The Morgan fingerprint density at radius 2 is 2.27 bits per heavy atom. The molecule has 0 aromatic heterocycles. The van der Waals surface area contributed by atoms with Crippen LogP contribution in [0.25, 0.3) is 0 Å². The number of hydrogen-bond acceptors (Lipinski definition) is 3. The first-order chi connectivity index (χ1) is 5.16. The molecule has 0 rings (SSSR count). The van der Waals surface area contributed by atoms with Crippen LogP contribution >= 0.6 is 0 Å². The smallest absolute Gasteiger partial charge is 0.332 e. The van der Waals surface area contributed by atoms with E-state index in [2.05, 4.69) is 0 Å². The molecule has 0 radical (unpaired) electrons. The first-order valence-electron chi connectivity index (χ1n) is 3.77. The molecule has 0 aliphatic carbocycles. The van der Waals surface area contributed by atoms with E-state index in [-0.39, 0.29) is 5.97 Å². The molecule has 0 aromatic rings. The quantitative estimate of drug-likeness (QED) is 0.379. The van der Waals surface area contributed by atoms with E-state index in [1.807, 2.05) is 6.92 Å². The van der Waals surface area contributed by atoms with Crippen LogP contribution in [0.1, 0.15) is 26.7 Å². The molecule has 0 amide bonds. The SMILES string of the molecule is CCCCOC(=O)/C=C(/C)N. The molecule has 0 saturated heterocycles. The van der Waals surface area contributed by atoms with Gasteiger partial charge in [0.15, 0.2) is 0 Å². The van der Waals surface area contributed by atoms with Crippen molar-refractivity contribution in [2.75, 3.05) is 6.61 Å². The van der Waals surface area contributed by atoms with Crippen molar-refractivity contribution < 1.29 is 9.53 Å². The molecule has 64 valence electrons. The van der Waals surface area contributed by atoms with Gasteiger partial charge >= 0.3 is 5.97 Å². The molecule has 0 spiro atoms. The van der Waals surface area contributed by atoms with Crippen LogP contribution in [0.3, 0.4) is 0 Å². The number of ether oxygens (including phenoxy) is 1. The van der Waals surface area contributed by atoms with Crippen LogP contribution in [0.2, 0.25) is 0 Å². The summed E-state index contributed by atoms with van der Waals surface area (Å²) in [6.45, 7) is 4.18. The van der Waals surface area contributed by atoms with E-state index in [1.54, 1.807) is 6.92 Å². The highest BCUT2D eigenvalue weighted by Crippen LogP contribution is 1.90. The molecular formula is C8H15NO2. The second kappa shape index (κ2) is 5.77. The Balaban J connectivity index is 3.46. The Morgan fingerprint density at radius 1 is 1.64 bits per heavy atom. The number of carbonyl (C=O) groups excluding carboxylic acids is 1. The Kier molecular flexibility index (Phi) is 5.25. The van der Waals surface area contributed by atoms with E-state index in [0.29, 0.717) is 12.3 Å². The minimum Gasteiger partial charge on any atom is -0.462 e. The lowest BCUT2D eigenvalue weighted by atomic mass is 10.4. The lowest BCUT2D eigenvalue weighted by Crippen LogP contribution is -2.05. The Bertz CT molecular complexity index is 148. The fraction of sp³-hybridized carbons (Fsp3) is 0.625. The molecule has 0 fully saturated rings. The summed E-state index contributed by atoms with van der Waals surface area (Å²) < 4.78 is 4.80. The Labute approximate surface area is 67.2 Å². The van der Waals surface area contributed by atoms with Crippen LogP contribution in [0.4, 0.5) is 0 Å². The minimum absolute atomic E-state index is 0.349. The van der Waals surface area contributed by atoms with E-state index in [0.717, 1.165) is 12.8 Å². The highest BCUT2D eigenvalue weighted by atomic mass is 16.5. The number of unbranched alkanes of at least 4 members (excludes halogenated alkanes) is 1. The van der Waals surface area contributed by atoms with Crippen LogP contribution in [-0.2, 0) is 9.53 Å². The number of nitrogens with two attached hydrogens (primary N) is 1. The first-order valence-corrected chi connectivity index (χ1v) is 3.77. The molecule has 11 heavy (non-hydrogen) atoms. The lowest BCUT2D eigenvalue weighted by molar-refractivity contribution is -0.137. The third kappa shape index (κ3) is 6.90. The van der Waals surface area contributed by atoms with Gasteiger partial charge < -0.3 is 10.5 Å². The Hall–Kier alpha value is -0.990. The van der Waals surface area contributed by atoms with Gasteiger partial charge in [0.25, 0.3) is 0 Å². The van der Waals surface area contributed by atoms with Crippen molar-refractivity contribution in [3.8, 4) is 0 Å². The summed E-state index contributed by atoms with van der Waals surface area (Å²) in [5, 5.41) is 0. The normalized spacial score (nSPS) is 11.3. The number of rotatable bonds is 4. The van der Waals surface area contributed by atoms with Crippen molar-refractivity contribution in [2.45, 2.75) is 26.7 Å². The van der Waals surface area contributed by atoms with Crippen LogP contribution in [0, 0.1) is 0 Å². The lowest BCUT2D eigenvalue weighted by Gasteiger charge is -1.99. The zero-order chi connectivity index (χ0) is 8.69. The highest BCUT2D eigenvalue weighted by molar-refractivity contribution is 5.82. The fourth-order valence-electron chi connectivity index (χ4n) is 0.545. The predicted octanol–water partition coefficient (Wildman–Crippen LogP) is 1.19. The summed E-state index contributed by atoms with van der Waals surface area (Å²) in [5.74, 6) is -0.349. The molecule has 3 heteroatoms. The summed E-state index contributed by atoms with van der Waals surface area (Å²) >= 11 is 0. The molecule has 0 atom stereocenters. The van der Waals surface area contributed by atoms with Gasteiger partial charge in [-0.15, -0.1) is 0 Å². The van der Waals surface area contributed by atoms with Gasteiger partial charge in [-0.05, 0) is 13.3 Å². The van der Waals surface area contributed by atoms with Gasteiger partial charge in [-0.25, -0.2) is 4.79 Å². The minimum atomic E-state index is -0.349. The molecule has 0 heterocycles. The third-order valence-electron chi connectivity index (χ3n) is 1.09. The summed E-state index contributed by atoms with van der Waals surface area (Å²) in [6, 6.07) is 0. The molecule has 0 unspecified atom stereocenters. The largest absolute Gasteiger partial charge is 0.462 e. The van der Waals surface area contributed by atoms with Gasteiger partial charge in [-0.3, -0.25) is 0 Å². The van der Waals surface area contributed by atoms with E-state index in [4.69, 9.17) is 10.5 Å².